The van der Waals surface area contributed by atoms with E-state index in [2.05, 4.69) is 15.9 Å². The van der Waals surface area contributed by atoms with Gasteiger partial charge in [0, 0.05) is 0 Å². The van der Waals surface area contributed by atoms with E-state index in [4.69, 9.17) is 10.2 Å². The molecule has 0 aliphatic carbocycles. The zero-order valence-electron chi connectivity index (χ0n) is 8.02. The zero-order chi connectivity index (χ0) is 11.1. The van der Waals surface area contributed by atoms with Gasteiger partial charge in [0.1, 0.15) is 5.76 Å². The van der Waals surface area contributed by atoms with Gasteiger partial charge in [0.15, 0.2) is 9.84 Å². The molecule has 84 valence electrons. The Kier molecular flexibility index (Phi) is 2.92. The highest BCUT2D eigenvalue weighted by atomic mass is 79.9. The predicted octanol–water partition coefficient (Wildman–Crippen LogP) is 1.48. The molecule has 1 aliphatic heterocycles. The highest BCUT2D eigenvalue weighted by Gasteiger charge is 2.34. The van der Waals surface area contributed by atoms with Gasteiger partial charge >= 0.3 is 0 Å². The summed E-state index contributed by atoms with van der Waals surface area (Å²) in [5, 5.41) is 0. The first-order valence-corrected chi connectivity index (χ1v) is 7.30. The van der Waals surface area contributed by atoms with E-state index in [-0.39, 0.29) is 23.5 Å². The third kappa shape index (κ3) is 2.26. The molecule has 1 saturated heterocycles. The Morgan fingerprint density at radius 2 is 2.33 bits per heavy atom. The van der Waals surface area contributed by atoms with Gasteiger partial charge in [-0.25, -0.2) is 8.42 Å². The summed E-state index contributed by atoms with van der Waals surface area (Å²) in [7, 11) is -2.88. The van der Waals surface area contributed by atoms with Crippen LogP contribution >= 0.6 is 15.9 Å². The lowest BCUT2D eigenvalue weighted by molar-refractivity contribution is 0.386. The van der Waals surface area contributed by atoms with Gasteiger partial charge in [-0.1, -0.05) is 0 Å². The van der Waals surface area contributed by atoms with Crippen LogP contribution in [-0.2, 0) is 9.84 Å². The molecule has 2 rings (SSSR count). The number of hydrogen-bond acceptors (Lipinski definition) is 4. The standard InChI is InChI=1S/C9H12BrNO3S/c10-7-1-3-14-9(7)8(11)6-2-4-15(12,13)5-6/h1,3,6,8H,2,4-5,11H2. The third-order valence-corrected chi connectivity index (χ3v) is 5.17. The second kappa shape index (κ2) is 3.92. The third-order valence-electron chi connectivity index (χ3n) is 2.72. The van der Waals surface area contributed by atoms with Gasteiger partial charge in [0.2, 0.25) is 0 Å². The first-order chi connectivity index (χ1) is 6.99. The lowest BCUT2D eigenvalue weighted by atomic mass is 9.98. The molecule has 1 aromatic heterocycles. The Bertz CT molecular complexity index is 454. The van der Waals surface area contributed by atoms with Gasteiger partial charge in [-0.3, -0.25) is 0 Å². The molecule has 15 heavy (non-hydrogen) atoms. The minimum atomic E-state index is -2.88. The number of sulfone groups is 1. The first kappa shape index (κ1) is 11.2. The van der Waals surface area contributed by atoms with Gasteiger partial charge in [-0.2, -0.15) is 0 Å². The fourth-order valence-corrected chi connectivity index (χ4v) is 4.18. The number of halogens is 1. The van der Waals surface area contributed by atoms with Gasteiger partial charge in [-0.05, 0) is 34.3 Å². The maximum atomic E-state index is 11.3. The lowest BCUT2D eigenvalue weighted by Crippen LogP contribution is -2.22. The Labute approximate surface area is 96.9 Å². The summed E-state index contributed by atoms with van der Waals surface area (Å²) in [4.78, 5) is 0. The van der Waals surface area contributed by atoms with E-state index in [1.54, 1.807) is 12.3 Å². The van der Waals surface area contributed by atoms with E-state index in [1.807, 2.05) is 0 Å². The van der Waals surface area contributed by atoms with Gasteiger partial charge in [-0.15, -0.1) is 0 Å². The molecule has 2 heterocycles. The smallest absolute Gasteiger partial charge is 0.150 e. The van der Waals surface area contributed by atoms with E-state index in [1.165, 1.54) is 0 Å². The van der Waals surface area contributed by atoms with Crippen molar-refractivity contribution in [2.24, 2.45) is 11.7 Å². The Balaban J connectivity index is 2.17. The fourth-order valence-electron chi connectivity index (χ4n) is 1.86. The van der Waals surface area contributed by atoms with Gasteiger partial charge in [0.25, 0.3) is 0 Å². The van der Waals surface area contributed by atoms with E-state index < -0.39 is 9.84 Å². The molecule has 2 unspecified atom stereocenters. The summed E-state index contributed by atoms with van der Waals surface area (Å²) in [5.41, 5.74) is 5.98. The maximum Gasteiger partial charge on any atom is 0.150 e. The van der Waals surface area contributed by atoms with Crippen molar-refractivity contribution in [3.63, 3.8) is 0 Å². The van der Waals surface area contributed by atoms with E-state index in [0.717, 1.165) is 4.47 Å². The largest absolute Gasteiger partial charge is 0.466 e. The van der Waals surface area contributed by atoms with Crippen LogP contribution in [0.4, 0.5) is 0 Å². The maximum absolute atomic E-state index is 11.3. The predicted molar refractivity (Wildman–Crippen MR) is 60.1 cm³/mol. The molecule has 0 amide bonds. The molecule has 0 saturated carbocycles. The summed E-state index contributed by atoms with van der Waals surface area (Å²) in [6, 6.07) is 1.42. The van der Waals surface area contributed by atoms with Crippen molar-refractivity contribution in [3.05, 3.63) is 22.6 Å². The van der Waals surface area contributed by atoms with Crippen molar-refractivity contribution in [1.82, 2.24) is 0 Å². The molecule has 4 nitrogen and oxygen atoms in total. The van der Waals surface area contributed by atoms with Gasteiger partial charge in [0.05, 0.1) is 28.3 Å². The Morgan fingerprint density at radius 1 is 1.60 bits per heavy atom. The average molecular weight is 294 g/mol. The van der Waals surface area contributed by atoms with Crippen molar-refractivity contribution in [1.29, 1.82) is 0 Å². The van der Waals surface area contributed by atoms with Crippen LogP contribution < -0.4 is 5.73 Å². The molecular weight excluding hydrogens is 282 g/mol. The van der Waals surface area contributed by atoms with Crippen LogP contribution in [0.15, 0.2) is 21.2 Å². The minimum Gasteiger partial charge on any atom is -0.466 e. The summed E-state index contributed by atoms with van der Waals surface area (Å²) in [6.45, 7) is 0. The first-order valence-electron chi connectivity index (χ1n) is 4.68. The van der Waals surface area contributed by atoms with E-state index in [0.29, 0.717) is 12.2 Å². The molecular formula is C9H12BrNO3S. The van der Waals surface area contributed by atoms with Gasteiger partial charge < -0.3 is 10.2 Å². The molecule has 0 aromatic carbocycles. The van der Waals surface area contributed by atoms with Crippen molar-refractivity contribution in [3.8, 4) is 0 Å². The van der Waals surface area contributed by atoms with Crippen LogP contribution in [-0.4, -0.2) is 19.9 Å². The second-order valence-corrected chi connectivity index (χ2v) is 6.90. The van der Waals surface area contributed by atoms with Crippen molar-refractivity contribution >= 4 is 25.8 Å². The van der Waals surface area contributed by atoms with Crippen molar-refractivity contribution in [2.45, 2.75) is 12.5 Å². The van der Waals surface area contributed by atoms with Crippen LogP contribution in [0.1, 0.15) is 18.2 Å². The topological polar surface area (TPSA) is 73.3 Å². The molecule has 0 bridgehead atoms. The van der Waals surface area contributed by atoms with Crippen LogP contribution in [0.2, 0.25) is 0 Å². The zero-order valence-corrected chi connectivity index (χ0v) is 10.4. The highest BCUT2D eigenvalue weighted by molar-refractivity contribution is 9.10. The average Bonchev–Trinajstić information content (AvgIpc) is 2.71. The Morgan fingerprint density at radius 3 is 2.80 bits per heavy atom. The lowest BCUT2D eigenvalue weighted by Gasteiger charge is -2.15. The summed E-state index contributed by atoms with van der Waals surface area (Å²) < 4.78 is 28.6. The van der Waals surface area contributed by atoms with Crippen LogP contribution in [0.3, 0.4) is 0 Å². The molecule has 1 fully saturated rings. The SMILES string of the molecule is NC(c1occc1Br)C1CCS(=O)(=O)C1. The summed E-state index contributed by atoms with van der Waals surface area (Å²) in [5.74, 6) is 1.01. The van der Waals surface area contributed by atoms with Crippen molar-refractivity contribution < 1.29 is 12.8 Å². The molecule has 1 aliphatic rings. The van der Waals surface area contributed by atoms with E-state index >= 15 is 0 Å². The number of hydrogen-bond donors (Lipinski definition) is 1. The molecule has 2 atom stereocenters. The van der Waals surface area contributed by atoms with Crippen LogP contribution in [0, 0.1) is 5.92 Å². The molecule has 2 N–H and O–H groups in total. The molecule has 0 radical (unpaired) electrons. The van der Waals surface area contributed by atoms with Crippen molar-refractivity contribution in [2.75, 3.05) is 11.5 Å². The molecule has 0 spiro atoms. The summed E-state index contributed by atoms with van der Waals surface area (Å²) >= 11 is 3.32. The molecule has 1 aromatic rings. The van der Waals surface area contributed by atoms with Crippen LogP contribution in [0.25, 0.3) is 0 Å². The summed E-state index contributed by atoms with van der Waals surface area (Å²) in [6.07, 6.45) is 2.17. The number of furan rings is 1. The Hall–Kier alpha value is -0.330. The normalized spacial score (nSPS) is 26.7. The minimum absolute atomic E-state index is 0.0301. The number of nitrogens with two attached hydrogens (primary N) is 1. The highest BCUT2D eigenvalue weighted by Crippen LogP contribution is 2.33. The van der Waals surface area contributed by atoms with Crippen LogP contribution in [0.5, 0.6) is 0 Å². The quantitative estimate of drug-likeness (QED) is 0.896. The fraction of sp³-hybridized carbons (Fsp3) is 0.556. The second-order valence-electron chi connectivity index (χ2n) is 3.82. The van der Waals surface area contributed by atoms with E-state index in [9.17, 15) is 8.42 Å². The monoisotopic (exact) mass is 293 g/mol. The molecule has 6 heteroatoms. The number of rotatable bonds is 2.